The van der Waals surface area contributed by atoms with Gasteiger partial charge in [0.25, 0.3) is 5.56 Å². The molecule has 0 saturated carbocycles. The van der Waals surface area contributed by atoms with Gasteiger partial charge in [-0.25, -0.2) is 4.79 Å². The molecule has 0 amide bonds. The zero-order valence-corrected chi connectivity index (χ0v) is 7.88. The van der Waals surface area contributed by atoms with Crippen LogP contribution in [0.5, 0.6) is 5.88 Å². The second kappa shape index (κ2) is 3.87. The van der Waals surface area contributed by atoms with Crippen molar-refractivity contribution in [3.63, 3.8) is 0 Å². The second-order valence-electron chi connectivity index (χ2n) is 2.88. The fraction of sp³-hybridized carbons (Fsp3) is 0.250. The van der Waals surface area contributed by atoms with Gasteiger partial charge in [0.05, 0.1) is 0 Å². The maximum absolute atomic E-state index is 11.9. The van der Waals surface area contributed by atoms with E-state index in [1.165, 1.54) is 6.92 Å². The summed E-state index contributed by atoms with van der Waals surface area (Å²) < 4.78 is 39.1. The first-order chi connectivity index (χ1) is 7.20. The number of aromatic carboxylic acids is 1. The molecular weight excluding hydrogens is 231 g/mol. The molecule has 0 aliphatic rings. The van der Waals surface area contributed by atoms with Gasteiger partial charge in [-0.05, 0) is 13.0 Å². The number of pyridine rings is 1. The molecule has 1 aromatic heterocycles. The van der Waals surface area contributed by atoms with Gasteiger partial charge >= 0.3 is 12.3 Å². The number of carboxylic acids is 1. The van der Waals surface area contributed by atoms with Crippen molar-refractivity contribution in [1.82, 2.24) is 4.98 Å². The SMILES string of the molecule is Cc1cc(C(=O)O)c(=O)[nH]c1OC(F)(F)F. The van der Waals surface area contributed by atoms with Crippen molar-refractivity contribution in [3.8, 4) is 5.88 Å². The van der Waals surface area contributed by atoms with E-state index in [2.05, 4.69) is 4.74 Å². The number of carbonyl (C=O) groups is 1. The van der Waals surface area contributed by atoms with Gasteiger partial charge in [0.15, 0.2) is 0 Å². The summed E-state index contributed by atoms with van der Waals surface area (Å²) in [7, 11) is 0. The quantitative estimate of drug-likeness (QED) is 0.811. The number of hydrogen-bond acceptors (Lipinski definition) is 3. The lowest BCUT2D eigenvalue weighted by atomic mass is 10.2. The van der Waals surface area contributed by atoms with E-state index >= 15 is 0 Å². The van der Waals surface area contributed by atoms with Crippen LogP contribution in [0, 0.1) is 6.92 Å². The van der Waals surface area contributed by atoms with Gasteiger partial charge in [-0.15, -0.1) is 13.2 Å². The van der Waals surface area contributed by atoms with E-state index in [4.69, 9.17) is 5.11 Å². The summed E-state index contributed by atoms with van der Waals surface area (Å²) in [4.78, 5) is 23.2. The molecule has 2 N–H and O–H groups in total. The molecule has 1 rings (SSSR count). The largest absolute Gasteiger partial charge is 0.574 e. The maximum Gasteiger partial charge on any atom is 0.574 e. The lowest BCUT2D eigenvalue weighted by Crippen LogP contribution is -2.23. The third kappa shape index (κ3) is 2.75. The van der Waals surface area contributed by atoms with Gasteiger partial charge in [0, 0.05) is 5.56 Å². The molecule has 0 saturated heterocycles. The van der Waals surface area contributed by atoms with Crippen LogP contribution in [0.1, 0.15) is 15.9 Å². The summed E-state index contributed by atoms with van der Waals surface area (Å²) in [6.45, 7) is 1.18. The first kappa shape index (κ1) is 12.1. The van der Waals surface area contributed by atoms with Gasteiger partial charge in [0.1, 0.15) is 5.56 Å². The Morgan fingerprint density at radius 2 is 2.06 bits per heavy atom. The highest BCUT2D eigenvalue weighted by atomic mass is 19.4. The van der Waals surface area contributed by atoms with Crippen molar-refractivity contribution >= 4 is 5.97 Å². The minimum atomic E-state index is -4.95. The van der Waals surface area contributed by atoms with E-state index in [0.29, 0.717) is 0 Å². The van der Waals surface area contributed by atoms with Crippen LogP contribution in [0.3, 0.4) is 0 Å². The first-order valence-electron chi connectivity index (χ1n) is 3.93. The highest BCUT2D eigenvalue weighted by Crippen LogP contribution is 2.22. The lowest BCUT2D eigenvalue weighted by molar-refractivity contribution is -0.276. The van der Waals surface area contributed by atoms with Crippen molar-refractivity contribution < 1.29 is 27.8 Å². The highest BCUT2D eigenvalue weighted by Gasteiger charge is 2.32. The van der Waals surface area contributed by atoms with E-state index in [-0.39, 0.29) is 5.56 Å². The molecule has 5 nitrogen and oxygen atoms in total. The van der Waals surface area contributed by atoms with Gasteiger partial charge in [-0.3, -0.25) is 9.78 Å². The molecule has 8 heteroatoms. The Balaban J connectivity index is 3.21. The predicted molar refractivity (Wildman–Crippen MR) is 45.4 cm³/mol. The van der Waals surface area contributed by atoms with E-state index < -0.39 is 29.3 Å². The van der Waals surface area contributed by atoms with Crippen LogP contribution in [-0.4, -0.2) is 22.4 Å². The molecule has 0 atom stereocenters. The molecule has 0 aliphatic carbocycles. The molecule has 0 aliphatic heterocycles. The fourth-order valence-electron chi connectivity index (χ4n) is 0.997. The number of aromatic amines is 1. The molecule has 16 heavy (non-hydrogen) atoms. The third-order valence-electron chi connectivity index (χ3n) is 1.64. The lowest BCUT2D eigenvalue weighted by Gasteiger charge is -2.10. The molecule has 1 aromatic rings. The van der Waals surface area contributed by atoms with Crippen LogP contribution in [0.25, 0.3) is 0 Å². The van der Waals surface area contributed by atoms with Gasteiger partial charge in [-0.2, -0.15) is 0 Å². The van der Waals surface area contributed by atoms with Crippen molar-refractivity contribution in [3.05, 3.63) is 27.5 Å². The van der Waals surface area contributed by atoms with Crippen LogP contribution < -0.4 is 10.3 Å². The van der Waals surface area contributed by atoms with Crippen molar-refractivity contribution in [2.45, 2.75) is 13.3 Å². The summed E-state index contributed by atoms with van der Waals surface area (Å²) in [5.41, 5.74) is -1.93. The molecule has 0 spiro atoms. The van der Waals surface area contributed by atoms with E-state index in [0.717, 1.165) is 6.07 Å². The fourth-order valence-corrected chi connectivity index (χ4v) is 0.997. The van der Waals surface area contributed by atoms with Crippen LogP contribution in [0.2, 0.25) is 0 Å². The molecule has 0 unspecified atom stereocenters. The number of rotatable bonds is 2. The summed E-state index contributed by atoms with van der Waals surface area (Å²) in [5.74, 6) is -2.34. The summed E-state index contributed by atoms with van der Waals surface area (Å²) in [5, 5.41) is 8.53. The molecule has 0 aromatic carbocycles. The number of aryl methyl sites for hydroxylation is 1. The van der Waals surface area contributed by atoms with E-state index in [9.17, 15) is 22.8 Å². The van der Waals surface area contributed by atoms with Crippen LogP contribution >= 0.6 is 0 Å². The number of alkyl halides is 3. The molecule has 0 fully saturated rings. The monoisotopic (exact) mass is 237 g/mol. The predicted octanol–water partition coefficient (Wildman–Crippen LogP) is 1.28. The number of halogens is 3. The van der Waals surface area contributed by atoms with E-state index in [1.807, 2.05) is 0 Å². The van der Waals surface area contributed by atoms with Gasteiger partial charge < -0.3 is 9.84 Å². The van der Waals surface area contributed by atoms with Crippen LogP contribution in [-0.2, 0) is 0 Å². The van der Waals surface area contributed by atoms with Crippen molar-refractivity contribution in [2.75, 3.05) is 0 Å². The minimum absolute atomic E-state index is 0.130. The molecule has 0 bridgehead atoms. The van der Waals surface area contributed by atoms with Crippen LogP contribution in [0.15, 0.2) is 10.9 Å². The molecule has 0 radical (unpaired) electrons. The number of hydrogen-bond donors (Lipinski definition) is 2. The molecular formula is C8H6F3NO4. The normalized spacial score (nSPS) is 11.2. The van der Waals surface area contributed by atoms with E-state index in [1.54, 1.807) is 4.98 Å². The average molecular weight is 237 g/mol. The number of carboxylic acid groups (broad SMARTS) is 1. The average Bonchev–Trinajstić information content (AvgIpc) is 2.07. The summed E-state index contributed by atoms with van der Waals surface area (Å²) in [6.07, 6.45) is -4.95. The molecule has 88 valence electrons. The number of nitrogens with one attached hydrogen (secondary N) is 1. The Bertz CT molecular complexity index is 477. The summed E-state index contributed by atoms with van der Waals surface area (Å²) >= 11 is 0. The Morgan fingerprint density at radius 3 is 2.50 bits per heavy atom. The topological polar surface area (TPSA) is 79.4 Å². The third-order valence-corrected chi connectivity index (χ3v) is 1.64. The number of H-pyrrole nitrogens is 1. The molecule has 1 heterocycles. The number of aromatic nitrogens is 1. The van der Waals surface area contributed by atoms with Gasteiger partial charge in [-0.1, -0.05) is 0 Å². The maximum atomic E-state index is 11.9. The summed E-state index contributed by atoms with van der Waals surface area (Å²) in [6, 6.07) is 0.808. The smallest absolute Gasteiger partial charge is 0.477 e. The standard InChI is InChI=1S/C8H6F3NO4/c1-3-2-4(7(14)15)5(13)12-6(3)16-8(9,10)11/h2H,1H3,(H,12,13)(H,14,15). The Labute approximate surface area is 86.5 Å². The zero-order valence-electron chi connectivity index (χ0n) is 7.88. The van der Waals surface area contributed by atoms with Gasteiger partial charge in [0.2, 0.25) is 5.88 Å². The minimum Gasteiger partial charge on any atom is -0.477 e. The van der Waals surface area contributed by atoms with Crippen molar-refractivity contribution in [1.29, 1.82) is 0 Å². The van der Waals surface area contributed by atoms with Crippen LogP contribution in [0.4, 0.5) is 13.2 Å². The Kier molecular flexibility index (Phi) is 2.92. The van der Waals surface area contributed by atoms with Crippen molar-refractivity contribution in [2.24, 2.45) is 0 Å². The Morgan fingerprint density at radius 1 is 1.50 bits per heavy atom. The first-order valence-corrected chi connectivity index (χ1v) is 3.93. The Hall–Kier alpha value is -1.99. The highest BCUT2D eigenvalue weighted by molar-refractivity contribution is 5.87. The zero-order chi connectivity index (χ0) is 12.5. The second-order valence-corrected chi connectivity index (χ2v) is 2.88. The number of ether oxygens (including phenoxy) is 1.